The number of nitrogens with one attached hydrogen (secondary N) is 1. The number of rotatable bonds is 3. The van der Waals surface area contributed by atoms with Gasteiger partial charge in [-0.15, -0.1) is 0 Å². The SMILES string of the molecule is Cc1cccc(C(=O)NC2CCCC3(CCN(c4cc(F)cc(F)c4)C3=O)C2)n1. The molecule has 1 spiro atoms. The van der Waals surface area contributed by atoms with Gasteiger partial charge in [0.25, 0.3) is 5.91 Å². The van der Waals surface area contributed by atoms with Gasteiger partial charge in [-0.2, -0.15) is 0 Å². The first-order chi connectivity index (χ1) is 13.9. The number of hydrogen-bond donors (Lipinski definition) is 1. The predicted octanol–water partition coefficient (Wildman–Crippen LogP) is 3.76. The summed E-state index contributed by atoms with van der Waals surface area (Å²) in [7, 11) is 0. The topological polar surface area (TPSA) is 62.3 Å². The molecule has 152 valence electrons. The van der Waals surface area contributed by atoms with Crippen LogP contribution < -0.4 is 10.2 Å². The van der Waals surface area contributed by atoms with Crippen molar-refractivity contribution in [2.45, 2.75) is 45.1 Å². The van der Waals surface area contributed by atoms with E-state index >= 15 is 0 Å². The van der Waals surface area contributed by atoms with Crippen molar-refractivity contribution in [3.05, 3.63) is 59.4 Å². The number of nitrogens with zero attached hydrogens (tertiary/aromatic N) is 2. The van der Waals surface area contributed by atoms with Crippen molar-refractivity contribution in [3.8, 4) is 0 Å². The highest BCUT2D eigenvalue weighted by atomic mass is 19.1. The maximum absolute atomic E-state index is 13.6. The molecule has 1 saturated carbocycles. The Morgan fingerprint density at radius 2 is 1.97 bits per heavy atom. The Hall–Kier alpha value is -2.83. The van der Waals surface area contributed by atoms with Crippen LogP contribution in [-0.2, 0) is 4.79 Å². The van der Waals surface area contributed by atoms with Gasteiger partial charge in [0.05, 0.1) is 5.41 Å². The van der Waals surface area contributed by atoms with Crippen LogP contribution in [0.3, 0.4) is 0 Å². The molecule has 0 bridgehead atoms. The zero-order valence-corrected chi connectivity index (χ0v) is 16.3. The molecule has 1 saturated heterocycles. The van der Waals surface area contributed by atoms with Gasteiger partial charge in [-0.3, -0.25) is 9.59 Å². The Morgan fingerprint density at radius 1 is 1.21 bits per heavy atom. The van der Waals surface area contributed by atoms with E-state index in [9.17, 15) is 18.4 Å². The van der Waals surface area contributed by atoms with Crippen LogP contribution in [0, 0.1) is 24.0 Å². The molecule has 2 atom stereocenters. The Kier molecular flexibility index (Phi) is 5.06. The largest absolute Gasteiger partial charge is 0.348 e. The van der Waals surface area contributed by atoms with Crippen molar-refractivity contribution in [3.63, 3.8) is 0 Å². The second kappa shape index (κ2) is 7.54. The van der Waals surface area contributed by atoms with Crippen LogP contribution in [0.1, 0.15) is 48.3 Å². The van der Waals surface area contributed by atoms with E-state index in [1.165, 1.54) is 17.0 Å². The summed E-state index contributed by atoms with van der Waals surface area (Å²) in [5.41, 5.74) is 0.777. The van der Waals surface area contributed by atoms with Crippen molar-refractivity contribution in [1.82, 2.24) is 10.3 Å². The third kappa shape index (κ3) is 3.86. The molecule has 2 unspecified atom stereocenters. The minimum absolute atomic E-state index is 0.116. The van der Waals surface area contributed by atoms with Gasteiger partial charge < -0.3 is 10.2 Å². The summed E-state index contributed by atoms with van der Waals surface area (Å²) in [6.45, 7) is 2.25. The molecule has 4 rings (SSSR count). The lowest BCUT2D eigenvalue weighted by atomic mass is 9.71. The van der Waals surface area contributed by atoms with Crippen LogP contribution >= 0.6 is 0 Å². The van der Waals surface area contributed by atoms with E-state index < -0.39 is 17.0 Å². The van der Waals surface area contributed by atoms with E-state index in [1.54, 1.807) is 12.1 Å². The second-order valence-corrected chi connectivity index (χ2v) is 8.05. The Balaban J connectivity index is 1.49. The molecule has 2 heterocycles. The van der Waals surface area contributed by atoms with E-state index in [4.69, 9.17) is 0 Å². The van der Waals surface area contributed by atoms with E-state index in [2.05, 4.69) is 10.3 Å². The van der Waals surface area contributed by atoms with Crippen LogP contribution in [0.4, 0.5) is 14.5 Å². The monoisotopic (exact) mass is 399 g/mol. The van der Waals surface area contributed by atoms with Crippen molar-refractivity contribution < 1.29 is 18.4 Å². The summed E-state index contributed by atoms with van der Waals surface area (Å²) < 4.78 is 27.2. The molecular weight excluding hydrogens is 376 g/mol. The number of carbonyl (C=O) groups excluding carboxylic acids is 2. The number of hydrogen-bond acceptors (Lipinski definition) is 3. The lowest BCUT2D eigenvalue weighted by molar-refractivity contribution is -0.127. The van der Waals surface area contributed by atoms with Gasteiger partial charge >= 0.3 is 0 Å². The van der Waals surface area contributed by atoms with E-state index in [0.29, 0.717) is 25.1 Å². The minimum atomic E-state index is -0.701. The lowest BCUT2D eigenvalue weighted by Crippen LogP contribution is -2.46. The zero-order valence-electron chi connectivity index (χ0n) is 16.3. The van der Waals surface area contributed by atoms with Crippen molar-refractivity contribution >= 4 is 17.5 Å². The summed E-state index contributed by atoms with van der Waals surface area (Å²) in [5.74, 6) is -1.76. The van der Waals surface area contributed by atoms with E-state index in [1.807, 2.05) is 13.0 Å². The molecule has 2 fully saturated rings. The van der Waals surface area contributed by atoms with Gasteiger partial charge in [-0.1, -0.05) is 12.5 Å². The fraction of sp³-hybridized carbons (Fsp3) is 0.409. The number of pyridine rings is 1. The van der Waals surface area contributed by atoms with Crippen molar-refractivity contribution in [2.75, 3.05) is 11.4 Å². The molecule has 29 heavy (non-hydrogen) atoms. The summed E-state index contributed by atoms with van der Waals surface area (Å²) in [4.78, 5) is 31.5. The molecule has 2 aliphatic rings. The summed E-state index contributed by atoms with van der Waals surface area (Å²) >= 11 is 0. The first-order valence-corrected chi connectivity index (χ1v) is 9.89. The molecule has 7 heteroatoms. The van der Waals surface area contributed by atoms with Gasteiger partial charge in [0.15, 0.2) is 0 Å². The fourth-order valence-corrected chi connectivity index (χ4v) is 4.60. The van der Waals surface area contributed by atoms with E-state index in [-0.39, 0.29) is 23.5 Å². The fourth-order valence-electron chi connectivity index (χ4n) is 4.60. The third-order valence-electron chi connectivity index (χ3n) is 5.97. The van der Waals surface area contributed by atoms with Gasteiger partial charge in [-0.25, -0.2) is 13.8 Å². The number of carbonyl (C=O) groups is 2. The maximum atomic E-state index is 13.6. The van der Waals surface area contributed by atoms with Gasteiger partial charge in [-0.05, 0) is 56.9 Å². The second-order valence-electron chi connectivity index (χ2n) is 8.05. The summed E-state index contributed by atoms with van der Waals surface area (Å²) in [5, 5.41) is 3.01. The van der Waals surface area contributed by atoms with Crippen LogP contribution in [0.25, 0.3) is 0 Å². The Bertz CT molecular complexity index is 945. The van der Waals surface area contributed by atoms with Crippen molar-refractivity contribution in [2.24, 2.45) is 5.41 Å². The normalized spacial score (nSPS) is 24.2. The van der Waals surface area contributed by atoms with Crippen molar-refractivity contribution in [1.29, 1.82) is 0 Å². The number of benzene rings is 1. The molecule has 0 radical (unpaired) electrons. The predicted molar refractivity (Wildman–Crippen MR) is 104 cm³/mol. The Labute approximate surface area is 168 Å². The molecule has 1 aliphatic carbocycles. The van der Waals surface area contributed by atoms with Gasteiger partial charge in [0, 0.05) is 30.0 Å². The van der Waals surface area contributed by atoms with Gasteiger partial charge in [0.2, 0.25) is 5.91 Å². The van der Waals surface area contributed by atoms with Crippen LogP contribution in [0.15, 0.2) is 36.4 Å². The number of amides is 2. The summed E-state index contributed by atoms with van der Waals surface area (Å²) in [6, 6.07) is 8.32. The molecule has 1 aromatic carbocycles. The van der Waals surface area contributed by atoms with Crippen LogP contribution in [0.5, 0.6) is 0 Å². The molecular formula is C22H23F2N3O2. The third-order valence-corrected chi connectivity index (χ3v) is 5.97. The molecule has 2 aromatic rings. The average molecular weight is 399 g/mol. The van der Waals surface area contributed by atoms with Crippen LogP contribution in [0.2, 0.25) is 0 Å². The first kappa shape index (κ1) is 19.5. The quantitative estimate of drug-likeness (QED) is 0.855. The molecule has 1 N–H and O–H groups in total. The first-order valence-electron chi connectivity index (χ1n) is 9.89. The number of anilines is 1. The molecule has 1 aromatic heterocycles. The number of aryl methyl sites for hydroxylation is 1. The highest BCUT2D eigenvalue weighted by Gasteiger charge is 2.49. The summed E-state index contributed by atoms with van der Waals surface area (Å²) in [6.07, 6.45) is 3.45. The standard InChI is InChI=1S/C22H23F2N3O2/c1-14-4-2-6-19(25-14)20(28)26-17-5-3-7-22(13-17)8-9-27(21(22)29)18-11-15(23)10-16(24)12-18/h2,4,6,10-12,17H,3,5,7-9,13H2,1H3,(H,26,28). The molecule has 1 aliphatic heterocycles. The molecule has 2 amide bonds. The number of aromatic nitrogens is 1. The van der Waals surface area contributed by atoms with E-state index in [0.717, 1.165) is 31.0 Å². The average Bonchev–Trinajstić information content (AvgIpc) is 2.97. The van der Waals surface area contributed by atoms with Gasteiger partial charge in [0.1, 0.15) is 17.3 Å². The highest BCUT2D eigenvalue weighted by molar-refractivity contribution is 6.00. The smallest absolute Gasteiger partial charge is 0.270 e. The Morgan fingerprint density at radius 3 is 2.69 bits per heavy atom. The minimum Gasteiger partial charge on any atom is -0.348 e. The maximum Gasteiger partial charge on any atom is 0.270 e. The number of halogens is 2. The zero-order chi connectivity index (χ0) is 20.6. The highest BCUT2D eigenvalue weighted by Crippen LogP contribution is 2.46. The molecule has 5 nitrogen and oxygen atoms in total. The van der Waals surface area contributed by atoms with Crippen LogP contribution in [-0.4, -0.2) is 29.4 Å². The lowest BCUT2D eigenvalue weighted by Gasteiger charge is -2.36.